The number of hydrogen-bond acceptors (Lipinski definition) is 7. The van der Waals surface area contributed by atoms with E-state index in [0.29, 0.717) is 41.8 Å². The predicted octanol–water partition coefficient (Wildman–Crippen LogP) is 1.88. The van der Waals surface area contributed by atoms with Crippen molar-refractivity contribution in [3.05, 3.63) is 29.0 Å². The van der Waals surface area contributed by atoms with Crippen molar-refractivity contribution in [2.24, 2.45) is 0 Å². The first kappa shape index (κ1) is 16.9. The zero-order valence-electron chi connectivity index (χ0n) is 14.4. The van der Waals surface area contributed by atoms with Crippen LogP contribution in [-0.2, 0) is 11.2 Å². The highest BCUT2D eigenvalue weighted by atomic mass is 32.1. The minimum absolute atomic E-state index is 0.0662. The fourth-order valence-electron chi connectivity index (χ4n) is 3.41. The van der Waals surface area contributed by atoms with Crippen molar-refractivity contribution in [1.82, 2.24) is 25.2 Å². The van der Waals surface area contributed by atoms with E-state index in [1.807, 2.05) is 6.92 Å². The molecule has 4 rings (SSSR count). The van der Waals surface area contributed by atoms with Gasteiger partial charge in [-0.2, -0.15) is 0 Å². The van der Waals surface area contributed by atoms with E-state index in [1.54, 1.807) is 23.4 Å². The second-order valence-corrected chi connectivity index (χ2v) is 7.48. The minimum atomic E-state index is -0.604. The molecule has 1 spiro atoms. The number of nitrogens with zero attached hydrogens (tertiary/aromatic N) is 4. The number of carbonyl (C=O) groups excluding carboxylic acids is 2. The first-order valence-electron chi connectivity index (χ1n) is 8.63. The lowest BCUT2D eigenvalue weighted by Crippen LogP contribution is -2.52. The van der Waals surface area contributed by atoms with Gasteiger partial charge in [0.25, 0.3) is 5.91 Å². The number of nitrogens with one attached hydrogen (secondary N) is 1. The summed E-state index contributed by atoms with van der Waals surface area (Å²) in [7, 11) is 0. The molecular weight excluding hydrogens is 354 g/mol. The van der Waals surface area contributed by atoms with E-state index in [0.717, 1.165) is 18.5 Å². The van der Waals surface area contributed by atoms with Crippen molar-refractivity contribution >= 4 is 23.3 Å². The van der Waals surface area contributed by atoms with Gasteiger partial charge in [-0.1, -0.05) is 6.92 Å². The summed E-state index contributed by atoms with van der Waals surface area (Å²) < 4.78 is 5.46. The molecule has 0 radical (unpaired) electrons. The van der Waals surface area contributed by atoms with E-state index in [9.17, 15) is 9.59 Å². The third-order valence-corrected chi connectivity index (χ3v) is 5.76. The number of aryl methyl sites for hydroxylation is 1. The second-order valence-electron chi connectivity index (χ2n) is 6.48. The standard InChI is InChI=1S/C17H19N5O3S/c1-2-11-12(26-14(21-11)13-18-6-4-7-19-13)15(23)22-8-3-5-17(10-22)9-20-16(24)25-17/h4,6-7H,2-3,5,8-10H2,1H3,(H,20,24). The fourth-order valence-corrected chi connectivity index (χ4v) is 4.48. The van der Waals surface area contributed by atoms with Gasteiger partial charge in [-0.25, -0.2) is 19.7 Å². The highest BCUT2D eigenvalue weighted by molar-refractivity contribution is 7.17. The summed E-state index contributed by atoms with van der Waals surface area (Å²) >= 11 is 1.32. The molecule has 4 heterocycles. The summed E-state index contributed by atoms with van der Waals surface area (Å²) in [6.07, 6.45) is 5.13. The molecule has 1 unspecified atom stereocenters. The number of aromatic nitrogens is 3. The summed E-state index contributed by atoms with van der Waals surface area (Å²) in [6, 6.07) is 1.74. The van der Waals surface area contributed by atoms with E-state index in [-0.39, 0.29) is 5.91 Å². The maximum Gasteiger partial charge on any atom is 0.407 e. The van der Waals surface area contributed by atoms with Gasteiger partial charge in [0.15, 0.2) is 10.8 Å². The van der Waals surface area contributed by atoms with Crippen molar-refractivity contribution in [2.45, 2.75) is 31.8 Å². The third kappa shape index (κ3) is 3.03. The Labute approximate surface area is 154 Å². The zero-order valence-corrected chi connectivity index (χ0v) is 15.2. The predicted molar refractivity (Wildman–Crippen MR) is 94.9 cm³/mol. The summed E-state index contributed by atoms with van der Waals surface area (Å²) in [5, 5.41) is 3.35. The first-order chi connectivity index (χ1) is 12.6. The molecule has 2 aromatic heterocycles. The first-order valence-corrected chi connectivity index (χ1v) is 9.45. The highest BCUT2D eigenvalue weighted by Gasteiger charge is 2.45. The second kappa shape index (κ2) is 6.64. The van der Waals surface area contributed by atoms with Crippen LogP contribution in [-0.4, -0.2) is 57.1 Å². The Morgan fingerprint density at radius 1 is 1.42 bits per heavy atom. The van der Waals surface area contributed by atoms with Crippen LogP contribution >= 0.6 is 11.3 Å². The van der Waals surface area contributed by atoms with E-state index in [2.05, 4.69) is 20.3 Å². The topological polar surface area (TPSA) is 97.3 Å². The maximum absolute atomic E-state index is 13.1. The van der Waals surface area contributed by atoms with Gasteiger partial charge >= 0.3 is 6.09 Å². The van der Waals surface area contributed by atoms with Crippen molar-refractivity contribution in [3.8, 4) is 10.8 Å². The van der Waals surface area contributed by atoms with Gasteiger partial charge in [0, 0.05) is 18.9 Å². The summed E-state index contributed by atoms with van der Waals surface area (Å²) in [4.78, 5) is 40.0. The summed E-state index contributed by atoms with van der Waals surface area (Å²) in [6.45, 7) is 3.48. The number of hydrogen-bond donors (Lipinski definition) is 1. The number of likely N-dealkylation sites (tertiary alicyclic amines) is 1. The largest absolute Gasteiger partial charge is 0.439 e. The molecule has 1 N–H and O–H groups in total. The number of thiazole rings is 1. The molecule has 8 nitrogen and oxygen atoms in total. The van der Waals surface area contributed by atoms with Gasteiger partial charge < -0.3 is 15.0 Å². The Morgan fingerprint density at radius 3 is 2.92 bits per heavy atom. The monoisotopic (exact) mass is 373 g/mol. The average molecular weight is 373 g/mol. The maximum atomic E-state index is 13.1. The Morgan fingerprint density at radius 2 is 2.23 bits per heavy atom. The van der Waals surface area contributed by atoms with E-state index in [4.69, 9.17) is 4.74 Å². The SMILES string of the molecule is CCc1nc(-c2ncccn2)sc1C(=O)N1CCCC2(CNC(=O)O2)C1. The van der Waals surface area contributed by atoms with E-state index >= 15 is 0 Å². The van der Waals surface area contributed by atoms with Crippen LogP contribution in [0, 0.1) is 0 Å². The number of alkyl carbamates (subject to hydrolysis) is 1. The average Bonchev–Trinajstić information content (AvgIpc) is 3.26. The Bertz CT molecular complexity index is 840. The van der Waals surface area contributed by atoms with Gasteiger partial charge in [-0.05, 0) is 25.3 Å². The number of rotatable bonds is 3. The normalized spacial score (nSPS) is 22.3. The summed E-state index contributed by atoms with van der Waals surface area (Å²) in [5.41, 5.74) is 0.150. The highest BCUT2D eigenvalue weighted by Crippen LogP contribution is 2.32. The van der Waals surface area contributed by atoms with Crippen molar-refractivity contribution in [2.75, 3.05) is 19.6 Å². The lowest BCUT2D eigenvalue weighted by molar-refractivity contribution is -0.00491. The lowest BCUT2D eigenvalue weighted by atomic mass is 9.93. The lowest BCUT2D eigenvalue weighted by Gasteiger charge is -2.38. The molecular formula is C17H19N5O3S. The molecule has 2 aliphatic rings. The smallest absolute Gasteiger partial charge is 0.407 e. The van der Waals surface area contributed by atoms with Crippen LogP contribution in [0.2, 0.25) is 0 Å². The van der Waals surface area contributed by atoms with Crippen LogP contribution in [0.3, 0.4) is 0 Å². The fraction of sp³-hybridized carbons (Fsp3) is 0.471. The number of carbonyl (C=O) groups is 2. The Kier molecular flexibility index (Phi) is 4.31. The van der Waals surface area contributed by atoms with Crippen LogP contribution in [0.15, 0.2) is 18.5 Å². The van der Waals surface area contributed by atoms with Crippen LogP contribution in [0.4, 0.5) is 4.79 Å². The molecule has 2 aromatic rings. The number of amides is 2. The molecule has 1 atom stereocenters. The quantitative estimate of drug-likeness (QED) is 0.882. The summed E-state index contributed by atoms with van der Waals surface area (Å²) in [5.74, 6) is 0.457. The van der Waals surface area contributed by atoms with Crippen molar-refractivity contribution < 1.29 is 14.3 Å². The van der Waals surface area contributed by atoms with Crippen LogP contribution < -0.4 is 5.32 Å². The molecule has 2 saturated heterocycles. The molecule has 136 valence electrons. The van der Waals surface area contributed by atoms with Crippen LogP contribution in [0.1, 0.15) is 35.1 Å². The van der Waals surface area contributed by atoms with Crippen LogP contribution in [0.5, 0.6) is 0 Å². The van der Waals surface area contributed by atoms with Gasteiger partial charge in [0.05, 0.1) is 18.8 Å². The molecule has 26 heavy (non-hydrogen) atoms. The van der Waals surface area contributed by atoms with Gasteiger partial charge in [0.1, 0.15) is 10.5 Å². The molecule has 0 aromatic carbocycles. The molecule has 2 fully saturated rings. The number of ether oxygens (including phenoxy) is 1. The molecule has 9 heteroatoms. The molecule has 0 bridgehead atoms. The third-order valence-electron chi connectivity index (χ3n) is 4.67. The minimum Gasteiger partial charge on any atom is -0.439 e. The molecule has 2 aliphatic heterocycles. The molecule has 0 saturated carbocycles. The van der Waals surface area contributed by atoms with E-state index in [1.165, 1.54) is 11.3 Å². The van der Waals surface area contributed by atoms with Gasteiger partial charge in [0.2, 0.25) is 0 Å². The van der Waals surface area contributed by atoms with Gasteiger partial charge in [-0.15, -0.1) is 11.3 Å². The van der Waals surface area contributed by atoms with Crippen molar-refractivity contribution in [1.29, 1.82) is 0 Å². The zero-order chi connectivity index (χ0) is 18.1. The number of piperidine rings is 1. The molecule has 2 amide bonds. The van der Waals surface area contributed by atoms with Crippen LogP contribution in [0.25, 0.3) is 10.8 Å². The van der Waals surface area contributed by atoms with Crippen molar-refractivity contribution in [3.63, 3.8) is 0 Å². The van der Waals surface area contributed by atoms with E-state index < -0.39 is 11.7 Å². The Hall–Kier alpha value is -2.55. The Balaban J connectivity index is 1.60. The molecule has 0 aliphatic carbocycles. The van der Waals surface area contributed by atoms with Gasteiger partial charge in [-0.3, -0.25) is 4.79 Å².